The predicted octanol–water partition coefficient (Wildman–Crippen LogP) is 0.283. The number of hydrogen-bond donors (Lipinski definition) is 3. The summed E-state index contributed by atoms with van der Waals surface area (Å²) >= 11 is 0.977. The first kappa shape index (κ1) is 20.5. The number of hydrogen-bond acceptors (Lipinski definition) is 7. The molecule has 1 atom stereocenters. The molecule has 0 aliphatic rings. The summed E-state index contributed by atoms with van der Waals surface area (Å²) in [5.41, 5.74) is 0.377. The highest BCUT2D eigenvalue weighted by atomic mass is 32.2. The van der Waals surface area contributed by atoms with E-state index < -0.39 is 34.5 Å². The Morgan fingerprint density at radius 3 is 2.62 bits per heavy atom. The van der Waals surface area contributed by atoms with Crippen molar-refractivity contribution in [2.24, 2.45) is 0 Å². The molecule has 11 heteroatoms. The first-order valence-electron chi connectivity index (χ1n) is 7.12. The van der Waals surface area contributed by atoms with Gasteiger partial charge in [0.2, 0.25) is 15.9 Å². The number of carboxylic acids is 1. The van der Waals surface area contributed by atoms with Gasteiger partial charge in [0.05, 0.1) is 24.0 Å². The fraction of sp³-hybridized carbons (Fsp3) is 0.615. The van der Waals surface area contributed by atoms with E-state index in [4.69, 9.17) is 9.84 Å². The van der Waals surface area contributed by atoms with E-state index in [2.05, 4.69) is 15.0 Å². The molecule has 0 spiro atoms. The molecule has 1 amide bonds. The number of aromatic carboxylic acids is 1. The van der Waals surface area contributed by atoms with Crippen LogP contribution < -0.4 is 10.0 Å². The molecule has 1 aromatic rings. The van der Waals surface area contributed by atoms with Crippen LogP contribution in [-0.2, 0) is 19.6 Å². The average Bonchev–Trinajstić information content (AvgIpc) is 2.88. The van der Waals surface area contributed by atoms with Crippen LogP contribution in [0.1, 0.15) is 39.8 Å². The number of thiazole rings is 1. The van der Waals surface area contributed by atoms with Gasteiger partial charge in [-0.15, -0.1) is 11.3 Å². The van der Waals surface area contributed by atoms with E-state index >= 15 is 0 Å². The smallest absolute Gasteiger partial charge is 0.347 e. The molecule has 136 valence electrons. The number of carbonyl (C=O) groups is 2. The topological polar surface area (TPSA) is 135 Å². The molecule has 3 N–H and O–H groups in total. The van der Waals surface area contributed by atoms with Crippen molar-refractivity contribution in [1.29, 1.82) is 0 Å². The number of nitrogens with one attached hydrogen (secondary N) is 2. The quantitative estimate of drug-likeness (QED) is 0.497. The molecule has 1 aromatic heterocycles. The van der Waals surface area contributed by atoms with Gasteiger partial charge in [0, 0.05) is 13.7 Å². The molecule has 0 aliphatic carbocycles. The number of aromatic nitrogens is 1. The fourth-order valence-corrected chi connectivity index (χ4v) is 3.70. The SMILES string of the molecule is COCCCS(=O)(=O)NCC(=O)NC(C)c1nc(C)c(C(=O)O)s1. The summed E-state index contributed by atoms with van der Waals surface area (Å²) in [7, 11) is -2.07. The molecule has 0 saturated heterocycles. The largest absolute Gasteiger partial charge is 0.477 e. The molecule has 0 fully saturated rings. The van der Waals surface area contributed by atoms with Crippen molar-refractivity contribution in [3.8, 4) is 0 Å². The number of methoxy groups -OCH3 is 1. The van der Waals surface area contributed by atoms with Crippen LogP contribution >= 0.6 is 11.3 Å². The van der Waals surface area contributed by atoms with E-state index in [-0.39, 0.29) is 10.6 Å². The van der Waals surface area contributed by atoms with E-state index in [0.29, 0.717) is 23.7 Å². The number of rotatable bonds is 10. The number of sulfonamides is 1. The summed E-state index contributed by atoms with van der Waals surface area (Å²) in [5, 5.41) is 12.0. The molecule has 0 aromatic carbocycles. The van der Waals surface area contributed by atoms with Gasteiger partial charge in [0.25, 0.3) is 0 Å². The van der Waals surface area contributed by atoms with Crippen LogP contribution in [-0.4, -0.2) is 56.4 Å². The number of amides is 1. The maximum Gasteiger partial charge on any atom is 0.347 e. The van der Waals surface area contributed by atoms with Crippen molar-refractivity contribution in [2.75, 3.05) is 26.0 Å². The Morgan fingerprint density at radius 1 is 1.42 bits per heavy atom. The molecular weight excluding hydrogens is 358 g/mol. The molecule has 0 radical (unpaired) electrons. The van der Waals surface area contributed by atoms with Gasteiger partial charge < -0.3 is 15.2 Å². The van der Waals surface area contributed by atoms with Gasteiger partial charge in [0.1, 0.15) is 9.88 Å². The first-order valence-corrected chi connectivity index (χ1v) is 9.59. The van der Waals surface area contributed by atoms with Crippen LogP contribution in [0.25, 0.3) is 0 Å². The number of ether oxygens (including phenoxy) is 1. The van der Waals surface area contributed by atoms with E-state index in [9.17, 15) is 18.0 Å². The monoisotopic (exact) mass is 379 g/mol. The van der Waals surface area contributed by atoms with Gasteiger partial charge in [-0.2, -0.15) is 0 Å². The molecule has 1 heterocycles. The van der Waals surface area contributed by atoms with Crippen LogP contribution in [0.15, 0.2) is 0 Å². The summed E-state index contributed by atoms with van der Waals surface area (Å²) in [6.45, 7) is 3.15. The molecule has 0 aliphatic heterocycles. The van der Waals surface area contributed by atoms with Crippen molar-refractivity contribution in [2.45, 2.75) is 26.3 Å². The zero-order chi connectivity index (χ0) is 18.3. The van der Waals surface area contributed by atoms with Crippen LogP contribution in [0, 0.1) is 6.92 Å². The molecule has 0 saturated carbocycles. The minimum Gasteiger partial charge on any atom is -0.477 e. The van der Waals surface area contributed by atoms with Crippen molar-refractivity contribution < 1.29 is 27.9 Å². The third kappa shape index (κ3) is 6.51. The van der Waals surface area contributed by atoms with E-state index in [1.54, 1.807) is 13.8 Å². The summed E-state index contributed by atoms with van der Waals surface area (Å²) in [4.78, 5) is 27.1. The van der Waals surface area contributed by atoms with E-state index in [1.807, 2.05) is 0 Å². The third-order valence-corrected chi connectivity index (χ3v) is 5.71. The van der Waals surface area contributed by atoms with Crippen LogP contribution in [0.4, 0.5) is 0 Å². The summed E-state index contributed by atoms with van der Waals surface area (Å²) in [6, 6.07) is -0.521. The van der Waals surface area contributed by atoms with Gasteiger partial charge in [0.15, 0.2) is 0 Å². The second-order valence-electron chi connectivity index (χ2n) is 5.05. The van der Waals surface area contributed by atoms with Crippen LogP contribution in [0.2, 0.25) is 0 Å². The van der Waals surface area contributed by atoms with Crippen molar-refractivity contribution in [3.05, 3.63) is 15.6 Å². The molecule has 1 rings (SSSR count). The fourth-order valence-electron chi connectivity index (χ4n) is 1.80. The standard InChI is InChI=1S/C13H21N3O6S2/c1-8-11(13(18)19)23-12(16-8)9(2)15-10(17)7-14-24(20,21)6-4-5-22-3/h9,14H,4-7H2,1-3H3,(H,15,17)(H,18,19). The van der Waals surface area contributed by atoms with Gasteiger partial charge in [-0.05, 0) is 20.3 Å². The highest BCUT2D eigenvalue weighted by molar-refractivity contribution is 7.89. The lowest BCUT2D eigenvalue weighted by molar-refractivity contribution is -0.120. The lowest BCUT2D eigenvalue weighted by atomic mass is 10.3. The van der Waals surface area contributed by atoms with E-state index in [1.165, 1.54) is 7.11 Å². The highest BCUT2D eigenvalue weighted by Crippen LogP contribution is 2.23. The number of carboxylic acid groups (broad SMARTS) is 1. The minimum atomic E-state index is -3.54. The highest BCUT2D eigenvalue weighted by Gasteiger charge is 2.20. The number of nitrogens with zero attached hydrogens (tertiary/aromatic N) is 1. The van der Waals surface area contributed by atoms with Crippen molar-refractivity contribution in [1.82, 2.24) is 15.0 Å². The molecular formula is C13H21N3O6S2. The summed E-state index contributed by atoms with van der Waals surface area (Å²) in [5.74, 6) is -1.72. The lowest BCUT2D eigenvalue weighted by Crippen LogP contribution is -2.39. The van der Waals surface area contributed by atoms with Crippen molar-refractivity contribution >= 4 is 33.2 Å². The predicted molar refractivity (Wildman–Crippen MR) is 88.7 cm³/mol. The van der Waals surface area contributed by atoms with Crippen molar-refractivity contribution in [3.63, 3.8) is 0 Å². The Morgan fingerprint density at radius 2 is 2.08 bits per heavy atom. The summed E-state index contributed by atoms with van der Waals surface area (Å²) in [6.07, 6.45) is 0.334. The Balaban J connectivity index is 2.52. The van der Waals surface area contributed by atoms with Crippen LogP contribution in [0.5, 0.6) is 0 Å². The Hall–Kier alpha value is -1.56. The molecule has 0 bridgehead atoms. The molecule has 24 heavy (non-hydrogen) atoms. The maximum absolute atomic E-state index is 11.8. The minimum absolute atomic E-state index is 0.116. The normalized spacial score (nSPS) is 12.8. The molecule has 1 unspecified atom stereocenters. The Kier molecular flexibility index (Phi) is 7.73. The molecule has 9 nitrogen and oxygen atoms in total. The number of carbonyl (C=O) groups excluding carboxylic acids is 1. The zero-order valence-electron chi connectivity index (χ0n) is 13.7. The second-order valence-corrected chi connectivity index (χ2v) is 8.00. The third-order valence-electron chi connectivity index (χ3n) is 2.97. The maximum atomic E-state index is 11.8. The van der Waals surface area contributed by atoms with E-state index in [0.717, 1.165) is 11.3 Å². The van der Waals surface area contributed by atoms with Gasteiger partial charge >= 0.3 is 5.97 Å². The summed E-state index contributed by atoms with van der Waals surface area (Å²) < 4.78 is 30.3. The average molecular weight is 379 g/mol. The van der Waals surface area contributed by atoms with Gasteiger partial charge in [-0.3, -0.25) is 4.79 Å². The zero-order valence-corrected chi connectivity index (χ0v) is 15.3. The lowest BCUT2D eigenvalue weighted by Gasteiger charge is -2.12. The second kappa shape index (κ2) is 9.06. The van der Waals surface area contributed by atoms with Gasteiger partial charge in [-0.25, -0.2) is 22.9 Å². The number of aryl methyl sites for hydroxylation is 1. The first-order chi connectivity index (χ1) is 11.2. The Bertz CT molecular complexity index is 686. The Labute approximate surface area is 144 Å². The van der Waals surface area contributed by atoms with Crippen LogP contribution in [0.3, 0.4) is 0 Å². The van der Waals surface area contributed by atoms with Gasteiger partial charge in [-0.1, -0.05) is 0 Å².